The number of aromatic nitrogens is 2. The highest BCUT2D eigenvalue weighted by Gasteiger charge is 2.21. The monoisotopic (exact) mass is 293 g/mol. The van der Waals surface area contributed by atoms with E-state index in [-0.39, 0.29) is 11.9 Å². The van der Waals surface area contributed by atoms with E-state index in [2.05, 4.69) is 20.2 Å². The summed E-state index contributed by atoms with van der Waals surface area (Å²) in [6.07, 6.45) is 1.81. The van der Waals surface area contributed by atoms with Gasteiger partial charge in [0.2, 0.25) is 5.91 Å². The van der Waals surface area contributed by atoms with E-state index in [4.69, 9.17) is 10.5 Å². The number of nitrogen functional groups attached to an aromatic ring is 1. The van der Waals surface area contributed by atoms with Gasteiger partial charge in [0.15, 0.2) is 5.82 Å². The van der Waals surface area contributed by atoms with E-state index >= 15 is 0 Å². The summed E-state index contributed by atoms with van der Waals surface area (Å²) in [6.45, 7) is 6.16. The van der Waals surface area contributed by atoms with Crippen molar-refractivity contribution in [2.75, 3.05) is 30.3 Å². The van der Waals surface area contributed by atoms with Gasteiger partial charge in [0.05, 0.1) is 0 Å². The number of amides is 1. The summed E-state index contributed by atoms with van der Waals surface area (Å²) in [4.78, 5) is 21.9. The predicted octanol–water partition coefficient (Wildman–Crippen LogP) is 0.700. The summed E-state index contributed by atoms with van der Waals surface area (Å²) in [6, 6.07) is 2.04. The number of hydrogen-bond acceptors (Lipinski definition) is 6. The zero-order chi connectivity index (χ0) is 15.2. The Labute approximate surface area is 124 Å². The van der Waals surface area contributed by atoms with Crippen LogP contribution in [0, 0.1) is 0 Å². The quantitative estimate of drug-likeness (QED) is 0.830. The van der Waals surface area contributed by atoms with Crippen LogP contribution in [0.1, 0.15) is 32.5 Å². The van der Waals surface area contributed by atoms with Gasteiger partial charge in [0.1, 0.15) is 18.2 Å². The molecular weight excluding hydrogens is 270 g/mol. The smallest absolute Gasteiger partial charge is 0.217 e. The molecule has 0 spiro atoms. The molecule has 116 valence electrons. The summed E-state index contributed by atoms with van der Waals surface area (Å²) in [7, 11) is 0. The second kappa shape index (κ2) is 7.21. The molecule has 0 aromatic carbocycles. The highest BCUT2D eigenvalue weighted by atomic mass is 16.5. The molecular formula is C14H23N5O2. The zero-order valence-corrected chi connectivity index (χ0v) is 12.6. The van der Waals surface area contributed by atoms with E-state index in [1.54, 1.807) is 13.0 Å². The summed E-state index contributed by atoms with van der Waals surface area (Å²) in [5.74, 6) is 1.92. The number of piperidine rings is 1. The highest BCUT2D eigenvalue weighted by Crippen LogP contribution is 2.20. The largest absolute Gasteiger partial charge is 0.384 e. The molecule has 2 rings (SSSR count). The molecule has 7 heteroatoms. The van der Waals surface area contributed by atoms with Gasteiger partial charge in [-0.15, -0.1) is 0 Å². The molecule has 0 bridgehead atoms. The fourth-order valence-electron chi connectivity index (χ4n) is 2.46. The van der Waals surface area contributed by atoms with Crippen molar-refractivity contribution in [3.05, 3.63) is 11.9 Å². The van der Waals surface area contributed by atoms with Gasteiger partial charge >= 0.3 is 0 Å². The Morgan fingerprint density at radius 2 is 2.19 bits per heavy atom. The van der Waals surface area contributed by atoms with Crippen molar-refractivity contribution in [3.8, 4) is 0 Å². The molecule has 0 atom stereocenters. The molecule has 0 aliphatic carbocycles. The maximum atomic E-state index is 11.1. The SMILES string of the molecule is CCOCc1nc(N)cc(N2CCC(NC(C)=O)CC2)n1. The van der Waals surface area contributed by atoms with Gasteiger partial charge in [-0.25, -0.2) is 9.97 Å². The van der Waals surface area contributed by atoms with E-state index < -0.39 is 0 Å². The second-order valence-corrected chi connectivity index (χ2v) is 5.17. The van der Waals surface area contributed by atoms with Crippen LogP contribution in [0.3, 0.4) is 0 Å². The molecule has 0 saturated carbocycles. The fraction of sp³-hybridized carbons (Fsp3) is 0.643. The summed E-state index contributed by atoms with van der Waals surface area (Å²) in [5.41, 5.74) is 5.84. The number of nitrogens with one attached hydrogen (secondary N) is 1. The molecule has 2 heterocycles. The molecule has 1 aromatic rings. The van der Waals surface area contributed by atoms with Gasteiger partial charge in [-0.05, 0) is 19.8 Å². The molecule has 3 N–H and O–H groups in total. The summed E-state index contributed by atoms with van der Waals surface area (Å²) in [5, 5.41) is 2.96. The fourth-order valence-corrected chi connectivity index (χ4v) is 2.46. The van der Waals surface area contributed by atoms with E-state index in [1.807, 2.05) is 6.92 Å². The first kappa shape index (κ1) is 15.5. The normalized spacial score (nSPS) is 16.0. The van der Waals surface area contributed by atoms with Crippen molar-refractivity contribution < 1.29 is 9.53 Å². The van der Waals surface area contributed by atoms with Gasteiger partial charge in [0, 0.05) is 38.7 Å². The molecule has 7 nitrogen and oxygen atoms in total. The van der Waals surface area contributed by atoms with Gasteiger partial charge in [-0.3, -0.25) is 4.79 Å². The van der Waals surface area contributed by atoms with Crippen LogP contribution in [-0.4, -0.2) is 41.6 Å². The predicted molar refractivity (Wildman–Crippen MR) is 80.8 cm³/mol. The van der Waals surface area contributed by atoms with Crippen molar-refractivity contribution in [2.24, 2.45) is 0 Å². The number of carbonyl (C=O) groups excluding carboxylic acids is 1. The lowest BCUT2D eigenvalue weighted by atomic mass is 10.1. The lowest BCUT2D eigenvalue weighted by Gasteiger charge is -2.33. The van der Waals surface area contributed by atoms with Gasteiger partial charge < -0.3 is 20.7 Å². The van der Waals surface area contributed by atoms with E-state index in [0.717, 1.165) is 31.7 Å². The molecule has 1 fully saturated rings. The first-order chi connectivity index (χ1) is 10.1. The van der Waals surface area contributed by atoms with Gasteiger partial charge in [-0.2, -0.15) is 0 Å². The Kier molecular flexibility index (Phi) is 5.32. The Hall–Kier alpha value is -1.89. The molecule has 1 aliphatic heterocycles. The molecule has 1 amide bonds. The standard InChI is InChI=1S/C14H23N5O2/c1-3-21-9-13-17-12(15)8-14(18-13)19-6-4-11(5-7-19)16-10(2)20/h8,11H,3-7,9H2,1-2H3,(H,16,20)(H2,15,17,18). The van der Waals surface area contributed by atoms with Crippen LogP contribution in [0.4, 0.5) is 11.6 Å². The van der Waals surface area contributed by atoms with Crippen LogP contribution in [0.15, 0.2) is 6.07 Å². The van der Waals surface area contributed by atoms with Crippen LogP contribution >= 0.6 is 0 Å². The lowest BCUT2D eigenvalue weighted by molar-refractivity contribution is -0.119. The number of nitrogens with two attached hydrogens (primary N) is 1. The van der Waals surface area contributed by atoms with Crippen molar-refractivity contribution >= 4 is 17.5 Å². The molecule has 0 unspecified atom stereocenters. The van der Waals surface area contributed by atoms with E-state index in [0.29, 0.717) is 24.9 Å². The Bertz CT molecular complexity index is 486. The molecule has 1 aromatic heterocycles. The maximum absolute atomic E-state index is 11.1. The Morgan fingerprint density at radius 3 is 2.81 bits per heavy atom. The lowest BCUT2D eigenvalue weighted by Crippen LogP contribution is -2.44. The zero-order valence-electron chi connectivity index (χ0n) is 12.6. The number of ether oxygens (including phenoxy) is 1. The van der Waals surface area contributed by atoms with Crippen molar-refractivity contribution in [1.29, 1.82) is 0 Å². The number of hydrogen-bond donors (Lipinski definition) is 2. The average Bonchev–Trinajstić information content (AvgIpc) is 2.44. The number of anilines is 2. The maximum Gasteiger partial charge on any atom is 0.217 e. The van der Waals surface area contributed by atoms with Crippen LogP contribution in [0.2, 0.25) is 0 Å². The van der Waals surface area contributed by atoms with Gasteiger partial charge in [0.25, 0.3) is 0 Å². The summed E-state index contributed by atoms with van der Waals surface area (Å²) < 4.78 is 5.33. The average molecular weight is 293 g/mol. The van der Waals surface area contributed by atoms with Crippen molar-refractivity contribution in [1.82, 2.24) is 15.3 Å². The molecule has 1 aliphatic rings. The summed E-state index contributed by atoms with van der Waals surface area (Å²) >= 11 is 0. The number of carbonyl (C=O) groups is 1. The van der Waals surface area contributed by atoms with E-state index in [9.17, 15) is 4.79 Å². The van der Waals surface area contributed by atoms with Crippen LogP contribution < -0.4 is 16.0 Å². The molecule has 21 heavy (non-hydrogen) atoms. The van der Waals surface area contributed by atoms with Crippen LogP contribution in [0.5, 0.6) is 0 Å². The van der Waals surface area contributed by atoms with Crippen LogP contribution in [0.25, 0.3) is 0 Å². The minimum absolute atomic E-state index is 0.0266. The molecule has 0 radical (unpaired) electrons. The van der Waals surface area contributed by atoms with Gasteiger partial charge in [-0.1, -0.05) is 0 Å². The van der Waals surface area contributed by atoms with E-state index in [1.165, 1.54) is 0 Å². The minimum Gasteiger partial charge on any atom is -0.384 e. The Balaban J connectivity index is 1.99. The topological polar surface area (TPSA) is 93.4 Å². The number of nitrogens with zero attached hydrogens (tertiary/aromatic N) is 3. The third kappa shape index (κ3) is 4.56. The number of rotatable bonds is 5. The van der Waals surface area contributed by atoms with Crippen LogP contribution in [-0.2, 0) is 16.1 Å². The molecule has 1 saturated heterocycles. The minimum atomic E-state index is 0.0266. The Morgan fingerprint density at radius 1 is 1.48 bits per heavy atom. The van der Waals surface area contributed by atoms with Crippen molar-refractivity contribution in [2.45, 2.75) is 39.3 Å². The first-order valence-corrected chi connectivity index (χ1v) is 7.31. The third-order valence-corrected chi connectivity index (χ3v) is 3.44. The first-order valence-electron chi connectivity index (χ1n) is 7.31. The second-order valence-electron chi connectivity index (χ2n) is 5.17. The highest BCUT2D eigenvalue weighted by molar-refractivity contribution is 5.73. The third-order valence-electron chi connectivity index (χ3n) is 3.44. The van der Waals surface area contributed by atoms with Crippen molar-refractivity contribution in [3.63, 3.8) is 0 Å².